The number of aliphatic hydroxyl groups excluding tert-OH is 2. The molecule has 0 spiro atoms. The molecule has 1 saturated carbocycles. The number of carbonyl (C=O) groups is 1. The van der Waals surface area contributed by atoms with Crippen LogP contribution >= 0.6 is 11.3 Å². The van der Waals surface area contributed by atoms with E-state index in [9.17, 15) is 9.90 Å². The summed E-state index contributed by atoms with van der Waals surface area (Å²) in [4.78, 5) is 21.3. The molecule has 0 radical (unpaired) electrons. The highest BCUT2D eigenvalue weighted by Gasteiger charge is 2.24. The van der Waals surface area contributed by atoms with Crippen LogP contribution in [-0.2, 0) is 6.42 Å². The van der Waals surface area contributed by atoms with Gasteiger partial charge >= 0.3 is 0 Å². The molecule has 1 fully saturated rings. The molecule has 1 amide bonds. The first-order valence-corrected chi connectivity index (χ1v) is 13.1. The van der Waals surface area contributed by atoms with Gasteiger partial charge in [0.1, 0.15) is 11.5 Å². The van der Waals surface area contributed by atoms with Crippen molar-refractivity contribution in [1.29, 1.82) is 0 Å². The summed E-state index contributed by atoms with van der Waals surface area (Å²) in [6, 6.07) is 16.7. The van der Waals surface area contributed by atoms with E-state index >= 15 is 0 Å². The Bertz CT molecular complexity index is 1340. The predicted molar refractivity (Wildman–Crippen MR) is 140 cm³/mol. The molecule has 186 valence electrons. The minimum atomic E-state index is -0.225. The second kappa shape index (κ2) is 11.2. The molecule has 2 aromatic carbocycles. The van der Waals surface area contributed by atoms with E-state index in [4.69, 9.17) is 14.8 Å². The Balaban J connectivity index is 1.28. The molecule has 0 unspecified atom stereocenters. The summed E-state index contributed by atoms with van der Waals surface area (Å²) >= 11 is 1.67. The Hall–Kier alpha value is -3.33. The molecule has 3 N–H and O–H groups in total. The number of thiazole rings is 1. The van der Waals surface area contributed by atoms with Gasteiger partial charge < -0.3 is 20.3 Å². The molecule has 0 bridgehead atoms. The lowest BCUT2D eigenvalue weighted by atomic mass is 9.84. The second-order valence-electron chi connectivity index (χ2n) is 9.09. The SMILES string of the molecule is O=C(NCCO)c1ccc(-c2cc(Oc3ccc4nc(C[C@@H]5CCCC[C@H]5O)sc4c3)ccn2)cc1. The monoisotopic (exact) mass is 503 g/mol. The topological polar surface area (TPSA) is 105 Å². The number of nitrogens with zero attached hydrogens (tertiary/aromatic N) is 2. The van der Waals surface area contributed by atoms with E-state index in [1.165, 1.54) is 6.42 Å². The molecule has 4 aromatic rings. The van der Waals surface area contributed by atoms with Crippen molar-refractivity contribution in [3.63, 3.8) is 0 Å². The van der Waals surface area contributed by atoms with E-state index in [1.54, 1.807) is 29.7 Å². The van der Waals surface area contributed by atoms with Crippen molar-refractivity contribution in [3.05, 3.63) is 71.4 Å². The van der Waals surface area contributed by atoms with Gasteiger partial charge in [0.15, 0.2) is 0 Å². The Morgan fingerprint density at radius 1 is 1.06 bits per heavy atom. The first kappa shape index (κ1) is 24.4. The molecule has 2 atom stereocenters. The first-order chi connectivity index (χ1) is 17.6. The first-order valence-electron chi connectivity index (χ1n) is 12.3. The maximum absolute atomic E-state index is 12.0. The van der Waals surface area contributed by atoms with Crippen molar-refractivity contribution in [1.82, 2.24) is 15.3 Å². The molecule has 0 aliphatic heterocycles. The van der Waals surface area contributed by atoms with Crippen LogP contribution in [0.3, 0.4) is 0 Å². The standard InChI is InChI=1S/C28H29N3O4S/c32-14-13-30-28(34)19-7-5-18(6-8-19)24-16-22(11-12-29-24)35-21-9-10-23-26(17-21)36-27(31-23)15-20-3-1-2-4-25(20)33/h5-12,16-17,20,25,32-33H,1-4,13-15H2,(H,30,34)/t20-,25+/m0/s1. The van der Waals surface area contributed by atoms with Crippen LogP contribution < -0.4 is 10.1 Å². The average molecular weight is 504 g/mol. The lowest BCUT2D eigenvalue weighted by Gasteiger charge is -2.26. The number of amides is 1. The summed E-state index contributed by atoms with van der Waals surface area (Å²) in [7, 11) is 0. The molecule has 5 rings (SSSR count). The molecule has 8 heteroatoms. The maximum Gasteiger partial charge on any atom is 0.251 e. The quantitative estimate of drug-likeness (QED) is 0.314. The molecule has 2 aromatic heterocycles. The van der Waals surface area contributed by atoms with Crippen molar-refractivity contribution < 1.29 is 19.7 Å². The molecule has 7 nitrogen and oxygen atoms in total. The van der Waals surface area contributed by atoms with Crippen LogP contribution in [0.25, 0.3) is 21.5 Å². The number of aliphatic hydroxyl groups is 2. The van der Waals surface area contributed by atoms with Gasteiger partial charge in [-0.05, 0) is 49.1 Å². The molecule has 1 aliphatic carbocycles. The van der Waals surface area contributed by atoms with Gasteiger partial charge in [-0.25, -0.2) is 4.98 Å². The fourth-order valence-corrected chi connectivity index (χ4v) is 5.67. The van der Waals surface area contributed by atoms with E-state index < -0.39 is 0 Å². The van der Waals surface area contributed by atoms with E-state index in [0.29, 0.717) is 17.2 Å². The Labute approximate surface area is 213 Å². The third-order valence-electron chi connectivity index (χ3n) is 6.52. The minimum Gasteiger partial charge on any atom is -0.457 e. The highest BCUT2D eigenvalue weighted by Crippen LogP contribution is 2.33. The van der Waals surface area contributed by atoms with Gasteiger partial charge in [-0.15, -0.1) is 11.3 Å². The molecular formula is C28H29N3O4S. The van der Waals surface area contributed by atoms with Gasteiger partial charge in [-0.2, -0.15) is 0 Å². The Kier molecular flexibility index (Phi) is 7.55. The summed E-state index contributed by atoms with van der Waals surface area (Å²) in [6.07, 6.45) is 6.56. The van der Waals surface area contributed by atoms with Crippen molar-refractivity contribution in [3.8, 4) is 22.8 Å². The van der Waals surface area contributed by atoms with Crippen LogP contribution in [0.5, 0.6) is 11.5 Å². The van der Waals surface area contributed by atoms with Crippen molar-refractivity contribution in [2.24, 2.45) is 5.92 Å². The van der Waals surface area contributed by atoms with E-state index in [0.717, 1.165) is 57.9 Å². The van der Waals surface area contributed by atoms with Crippen molar-refractivity contribution in [2.75, 3.05) is 13.2 Å². The molecular weight excluding hydrogens is 474 g/mol. The molecule has 1 aliphatic rings. The molecule has 2 heterocycles. The highest BCUT2D eigenvalue weighted by molar-refractivity contribution is 7.18. The van der Waals surface area contributed by atoms with Gasteiger partial charge in [-0.1, -0.05) is 25.0 Å². The van der Waals surface area contributed by atoms with Crippen LogP contribution in [0, 0.1) is 5.92 Å². The van der Waals surface area contributed by atoms with E-state index in [-0.39, 0.29) is 25.2 Å². The van der Waals surface area contributed by atoms with E-state index in [2.05, 4.69) is 10.3 Å². The Morgan fingerprint density at radius 3 is 2.67 bits per heavy atom. The summed E-state index contributed by atoms with van der Waals surface area (Å²) < 4.78 is 7.21. The summed E-state index contributed by atoms with van der Waals surface area (Å²) in [5.41, 5.74) is 3.08. The number of ether oxygens (including phenoxy) is 1. The fraction of sp³-hybridized carbons (Fsp3) is 0.321. The number of nitrogens with one attached hydrogen (secondary N) is 1. The fourth-order valence-electron chi connectivity index (χ4n) is 4.59. The number of rotatable bonds is 8. The molecule has 36 heavy (non-hydrogen) atoms. The number of pyridine rings is 1. The number of benzene rings is 2. The number of aromatic nitrogens is 2. The zero-order valence-corrected chi connectivity index (χ0v) is 20.7. The second-order valence-corrected chi connectivity index (χ2v) is 10.2. The van der Waals surface area contributed by atoms with Gasteiger partial charge in [0.05, 0.1) is 33.6 Å². The van der Waals surface area contributed by atoms with Crippen molar-refractivity contribution >= 4 is 27.5 Å². The van der Waals surface area contributed by atoms with Crippen LogP contribution in [0.15, 0.2) is 60.8 Å². The predicted octanol–water partition coefficient (Wildman–Crippen LogP) is 4.97. The van der Waals surface area contributed by atoms with Gasteiger partial charge in [0, 0.05) is 42.4 Å². The van der Waals surface area contributed by atoms with Gasteiger partial charge in [-0.3, -0.25) is 9.78 Å². The summed E-state index contributed by atoms with van der Waals surface area (Å²) in [5, 5.41) is 22.9. The number of hydrogen-bond acceptors (Lipinski definition) is 7. The third-order valence-corrected chi connectivity index (χ3v) is 7.56. The van der Waals surface area contributed by atoms with Gasteiger partial charge in [0.2, 0.25) is 0 Å². The number of carbonyl (C=O) groups excluding carboxylic acids is 1. The largest absolute Gasteiger partial charge is 0.457 e. The maximum atomic E-state index is 12.0. The summed E-state index contributed by atoms with van der Waals surface area (Å²) in [5.74, 6) is 1.47. The number of fused-ring (bicyclic) bond motifs is 1. The lowest BCUT2D eigenvalue weighted by molar-refractivity contribution is 0.0700. The highest BCUT2D eigenvalue weighted by atomic mass is 32.1. The smallest absolute Gasteiger partial charge is 0.251 e. The van der Waals surface area contributed by atoms with Gasteiger partial charge in [0.25, 0.3) is 5.91 Å². The van der Waals surface area contributed by atoms with Crippen molar-refractivity contribution in [2.45, 2.75) is 38.2 Å². The third kappa shape index (κ3) is 5.73. The normalized spacial score (nSPS) is 17.7. The summed E-state index contributed by atoms with van der Waals surface area (Å²) in [6.45, 7) is 0.127. The number of hydrogen-bond donors (Lipinski definition) is 3. The van der Waals surface area contributed by atoms with Crippen LogP contribution in [0.2, 0.25) is 0 Å². The van der Waals surface area contributed by atoms with Crippen LogP contribution in [-0.4, -0.2) is 45.3 Å². The Morgan fingerprint density at radius 2 is 1.86 bits per heavy atom. The van der Waals surface area contributed by atoms with Crippen LogP contribution in [0.4, 0.5) is 0 Å². The van der Waals surface area contributed by atoms with E-state index in [1.807, 2.05) is 42.5 Å². The lowest BCUT2D eigenvalue weighted by Crippen LogP contribution is -2.26. The molecule has 0 saturated heterocycles. The van der Waals surface area contributed by atoms with Crippen LogP contribution in [0.1, 0.15) is 41.0 Å². The zero-order chi connectivity index (χ0) is 24.9. The zero-order valence-electron chi connectivity index (χ0n) is 19.9. The average Bonchev–Trinajstić information content (AvgIpc) is 3.30. The minimum absolute atomic E-state index is 0.0950.